The normalized spacial score (nSPS) is 24.9. The largest absolute Gasteiger partial charge is 0.474 e. The summed E-state index contributed by atoms with van der Waals surface area (Å²) < 4.78 is 11.7. The number of likely N-dealkylation sites (tertiary alicyclic amines) is 2. The Morgan fingerprint density at radius 2 is 1.86 bits per heavy atom. The molecule has 0 radical (unpaired) electrons. The molecule has 4 fully saturated rings. The highest BCUT2D eigenvalue weighted by molar-refractivity contribution is 5.94. The van der Waals surface area contributed by atoms with Crippen molar-refractivity contribution in [3.8, 4) is 5.88 Å². The summed E-state index contributed by atoms with van der Waals surface area (Å²) in [6.07, 6.45) is 5.98. The lowest BCUT2D eigenvalue weighted by atomic mass is 10.0. The Kier molecular flexibility index (Phi) is 5.62. The molecule has 1 N–H and O–H groups in total. The van der Waals surface area contributed by atoms with Gasteiger partial charge in [0.1, 0.15) is 11.6 Å². The average Bonchev–Trinajstić information content (AvgIpc) is 3.32. The number of nitrogens with one attached hydrogen (secondary N) is 1. The molecule has 0 spiro atoms. The number of hydrogen-bond acceptors (Lipinski definition) is 7. The molecular formula is C27H32N6O3. The van der Waals surface area contributed by atoms with Crippen molar-refractivity contribution >= 4 is 16.9 Å². The maximum Gasteiger partial charge on any atom is 0.255 e. The van der Waals surface area contributed by atoms with E-state index >= 15 is 0 Å². The number of carbonyl (C=O) groups is 1. The highest BCUT2D eigenvalue weighted by atomic mass is 16.5. The van der Waals surface area contributed by atoms with Gasteiger partial charge in [-0.05, 0) is 54.4 Å². The van der Waals surface area contributed by atoms with Crippen molar-refractivity contribution in [1.29, 1.82) is 0 Å². The number of aromatic amines is 1. The van der Waals surface area contributed by atoms with Crippen LogP contribution >= 0.6 is 0 Å². The van der Waals surface area contributed by atoms with E-state index in [1.54, 1.807) is 6.20 Å². The fourth-order valence-corrected chi connectivity index (χ4v) is 6.13. The van der Waals surface area contributed by atoms with E-state index in [1.165, 1.54) is 5.56 Å². The Labute approximate surface area is 210 Å². The maximum atomic E-state index is 13.4. The molecule has 1 aromatic carbocycles. The van der Waals surface area contributed by atoms with Gasteiger partial charge < -0.3 is 14.4 Å². The zero-order valence-corrected chi connectivity index (χ0v) is 20.4. The van der Waals surface area contributed by atoms with Gasteiger partial charge >= 0.3 is 0 Å². The van der Waals surface area contributed by atoms with Crippen LogP contribution in [0, 0.1) is 11.8 Å². The number of rotatable bonds is 6. The summed E-state index contributed by atoms with van der Waals surface area (Å²) in [6, 6.07) is 8.36. The van der Waals surface area contributed by atoms with E-state index in [9.17, 15) is 4.79 Å². The molecule has 3 aromatic rings. The second kappa shape index (κ2) is 9.12. The number of H-pyrrole nitrogens is 1. The van der Waals surface area contributed by atoms with E-state index in [1.807, 2.05) is 11.0 Å². The van der Waals surface area contributed by atoms with Gasteiger partial charge in [0.15, 0.2) is 0 Å². The van der Waals surface area contributed by atoms with Gasteiger partial charge in [-0.15, -0.1) is 5.10 Å². The summed E-state index contributed by atoms with van der Waals surface area (Å²) in [5, 5.41) is 10.9. The van der Waals surface area contributed by atoms with Gasteiger partial charge in [0.2, 0.25) is 5.88 Å². The topological polar surface area (TPSA) is 96.5 Å². The van der Waals surface area contributed by atoms with Crippen molar-refractivity contribution in [3.05, 3.63) is 47.2 Å². The number of ether oxygens (including phenoxy) is 2. The molecule has 9 nitrogen and oxygen atoms in total. The highest BCUT2D eigenvalue weighted by Crippen LogP contribution is 2.44. The SMILES string of the molecule is O=C(c1cnc(OC2CCOCC2)c(C2CC2)c1)N1C[C@@H]2CN(Cc3ccc4[nH]nnc4c3)C[C@H]2C1. The summed E-state index contributed by atoms with van der Waals surface area (Å²) in [4.78, 5) is 22.6. The van der Waals surface area contributed by atoms with E-state index in [4.69, 9.17) is 9.47 Å². The summed E-state index contributed by atoms with van der Waals surface area (Å²) in [5.74, 6) is 2.36. The number of fused-ring (bicyclic) bond motifs is 2. The van der Waals surface area contributed by atoms with Crippen LogP contribution in [0.2, 0.25) is 0 Å². The number of aromatic nitrogens is 4. The lowest BCUT2D eigenvalue weighted by Crippen LogP contribution is -2.33. The van der Waals surface area contributed by atoms with Crippen molar-refractivity contribution in [3.63, 3.8) is 0 Å². The number of amides is 1. The van der Waals surface area contributed by atoms with E-state index in [-0.39, 0.29) is 12.0 Å². The molecule has 0 unspecified atom stereocenters. The van der Waals surface area contributed by atoms with Crippen LogP contribution in [0.25, 0.3) is 11.0 Å². The number of pyridine rings is 1. The molecule has 1 amide bonds. The second-order valence-corrected chi connectivity index (χ2v) is 10.9. The van der Waals surface area contributed by atoms with Crippen LogP contribution in [0.15, 0.2) is 30.5 Å². The van der Waals surface area contributed by atoms with Crippen LogP contribution in [-0.2, 0) is 11.3 Å². The van der Waals surface area contributed by atoms with Gasteiger partial charge in [-0.3, -0.25) is 14.8 Å². The minimum Gasteiger partial charge on any atom is -0.474 e. The van der Waals surface area contributed by atoms with Gasteiger partial charge in [-0.1, -0.05) is 11.3 Å². The molecule has 7 rings (SSSR count). The van der Waals surface area contributed by atoms with Crippen LogP contribution in [0.4, 0.5) is 0 Å². The Balaban J connectivity index is 0.991. The number of benzene rings is 1. The maximum absolute atomic E-state index is 13.4. The minimum absolute atomic E-state index is 0.111. The third-order valence-corrected chi connectivity index (χ3v) is 8.24. The first kappa shape index (κ1) is 22.2. The predicted octanol–water partition coefficient (Wildman–Crippen LogP) is 2.99. The van der Waals surface area contributed by atoms with E-state index in [0.717, 1.165) is 94.1 Å². The standard InChI is InChI=1S/C27H32N6O3/c34-27(19-10-23(18-2-3-18)26(28-11-19)36-22-5-7-35-8-6-22)33-15-20-13-32(14-21(20)16-33)12-17-1-4-24-25(9-17)30-31-29-24/h1,4,9-11,18,20-22H,2-3,5-8,12-16H2,(H,29,30,31)/t20-,21-/m0/s1. The molecule has 5 heterocycles. The van der Waals surface area contributed by atoms with Crippen LogP contribution in [0.1, 0.15) is 53.1 Å². The van der Waals surface area contributed by atoms with Crippen molar-refractivity contribution in [1.82, 2.24) is 30.2 Å². The molecule has 9 heteroatoms. The zero-order chi connectivity index (χ0) is 24.1. The number of hydrogen-bond donors (Lipinski definition) is 1. The Hall–Kier alpha value is -3.04. The smallest absolute Gasteiger partial charge is 0.255 e. The molecule has 3 aliphatic heterocycles. The lowest BCUT2D eigenvalue weighted by Gasteiger charge is -2.24. The van der Waals surface area contributed by atoms with Crippen molar-refractivity contribution < 1.29 is 14.3 Å². The molecule has 1 saturated carbocycles. The van der Waals surface area contributed by atoms with E-state index < -0.39 is 0 Å². The first-order valence-corrected chi connectivity index (χ1v) is 13.3. The first-order valence-electron chi connectivity index (χ1n) is 13.3. The van der Waals surface area contributed by atoms with Gasteiger partial charge in [-0.25, -0.2) is 4.98 Å². The fraction of sp³-hybridized carbons (Fsp3) is 0.556. The molecule has 0 bridgehead atoms. The van der Waals surface area contributed by atoms with Gasteiger partial charge in [0, 0.05) is 57.3 Å². The quantitative estimate of drug-likeness (QED) is 0.570. The van der Waals surface area contributed by atoms with Crippen molar-refractivity contribution in [2.24, 2.45) is 11.8 Å². The Bertz CT molecular complexity index is 1250. The molecule has 4 aliphatic rings. The van der Waals surface area contributed by atoms with Crippen LogP contribution in [0.5, 0.6) is 5.88 Å². The highest BCUT2D eigenvalue weighted by Gasteiger charge is 2.42. The fourth-order valence-electron chi connectivity index (χ4n) is 6.13. The molecular weight excluding hydrogens is 456 g/mol. The first-order chi connectivity index (χ1) is 17.7. The molecule has 1 aliphatic carbocycles. The monoisotopic (exact) mass is 488 g/mol. The summed E-state index contributed by atoms with van der Waals surface area (Å²) in [6.45, 7) is 6.08. The summed E-state index contributed by atoms with van der Waals surface area (Å²) in [7, 11) is 0. The molecule has 2 atom stereocenters. The zero-order valence-electron chi connectivity index (χ0n) is 20.4. The minimum atomic E-state index is 0.111. The summed E-state index contributed by atoms with van der Waals surface area (Å²) >= 11 is 0. The lowest BCUT2D eigenvalue weighted by molar-refractivity contribution is 0.0233. The summed E-state index contributed by atoms with van der Waals surface area (Å²) in [5.41, 5.74) is 4.95. The van der Waals surface area contributed by atoms with Crippen molar-refractivity contribution in [2.75, 3.05) is 39.4 Å². The molecule has 2 aromatic heterocycles. The van der Waals surface area contributed by atoms with Crippen LogP contribution < -0.4 is 4.74 Å². The second-order valence-electron chi connectivity index (χ2n) is 10.9. The third kappa shape index (κ3) is 4.35. The van der Waals surface area contributed by atoms with E-state index in [0.29, 0.717) is 23.3 Å². The molecule has 188 valence electrons. The van der Waals surface area contributed by atoms with Gasteiger partial charge in [0.05, 0.1) is 24.3 Å². The van der Waals surface area contributed by atoms with Crippen molar-refractivity contribution in [2.45, 2.75) is 44.2 Å². The predicted molar refractivity (Wildman–Crippen MR) is 133 cm³/mol. The van der Waals surface area contributed by atoms with Gasteiger partial charge in [-0.2, -0.15) is 0 Å². The van der Waals surface area contributed by atoms with Crippen LogP contribution in [0.3, 0.4) is 0 Å². The van der Waals surface area contributed by atoms with Gasteiger partial charge in [0.25, 0.3) is 5.91 Å². The Morgan fingerprint density at radius 3 is 2.64 bits per heavy atom. The number of carbonyl (C=O) groups excluding carboxylic acids is 1. The van der Waals surface area contributed by atoms with E-state index in [2.05, 4.69) is 43.5 Å². The Morgan fingerprint density at radius 1 is 1.06 bits per heavy atom. The molecule has 36 heavy (non-hydrogen) atoms. The molecule has 3 saturated heterocycles. The van der Waals surface area contributed by atoms with Crippen LogP contribution in [-0.4, -0.2) is 81.6 Å². The average molecular weight is 489 g/mol. The third-order valence-electron chi connectivity index (χ3n) is 8.24. The number of nitrogens with zero attached hydrogens (tertiary/aromatic N) is 5.